The Morgan fingerprint density at radius 1 is 0.635 bits per heavy atom. The summed E-state index contributed by atoms with van der Waals surface area (Å²) < 4.78 is 121. The van der Waals surface area contributed by atoms with Crippen LogP contribution in [0.15, 0.2) is 67.6 Å². The van der Waals surface area contributed by atoms with Gasteiger partial charge in [-0.2, -0.15) is 26.3 Å². The minimum absolute atomic E-state index is 0.0464. The zero-order valence-corrected chi connectivity index (χ0v) is 31.7. The molecule has 52 heavy (non-hydrogen) atoms. The highest BCUT2D eigenvalue weighted by molar-refractivity contribution is 7.92. The van der Waals surface area contributed by atoms with Crippen molar-refractivity contribution in [3.63, 3.8) is 0 Å². The molecule has 0 heterocycles. The van der Waals surface area contributed by atoms with Gasteiger partial charge in [-0.15, -0.1) is 0 Å². The third-order valence-electron chi connectivity index (χ3n) is 6.83. The van der Waals surface area contributed by atoms with Gasteiger partial charge in [0, 0.05) is 37.6 Å². The highest BCUT2D eigenvalue weighted by Gasteiger charge is 2.35. The Labute approximate surface area is 309 Å². The summed E-state index contributed by atoms with van der Waals surface area (Å²) in [5.41, 5.74) is 9.42. The highest BCUT2D eigenvalue weighted by Crippen LogP contribution is 2.34. The molecular formula is C26H34Cl2N8O12S4. The molecule has 0 fully saturated rings. The molecule has 0 aromatic heterocycles. The van der Waals surface area contributed by atoms with E-state index in [4.69, 9.17) is 34.7 Å². The molecule has 2 aromatic rings. The summed E-state index contributed by atoms with van der Waals surface area (Å²) in [7, 11) is -19.0. The molecule has 0 aliphatic heterocycles. The SMILES string of the molecule is CC(NS(=O)(=O)c1cc(NC2=C(Cl)C(=O)C(Nc3ccc(NCCN)c(S(=O)(=O)NC(C)S(=O)(=O)O)c3)=C(Cl)C2=O)ccc1NCCN)S(=O)(=O)O. The van der Waals surface area contributed by atoms with Gasteiger partial charge in [0.15, 0.2) is 0 Å². The number of Topliss-reactive ketones (excluding diaryl/α,β-unsaturated/α-hetero) is 2. The van der Waals surface area contributed by atoms with Gasteiger partial charge in [0.1, 0.15) is 42.0 Å². The van der Waals surface area contributed by atoms with Crippen molar-refractivity contribution in [2.24, 2.45) is 11.5 Å². The lowest BCUT2D eigenvalue weighted by atomic mass is 10.0. The van der Waals surface area contributed by atoms with Crippen molar-refractivity contribution in [1.29, 1.82) is 0 Å². The maximum atomic E-state index is 13.4. The van der Waals surface area contributed by atoms with E-state index in [9.17, 15) is 52.4 Å². The van der Waals surface area contributed by atoms with Crippen LogP contribution in [-0.4, -0.2) is 91.3 Å². The molecule has 20 nitrogen and oxygen atoms in total. The predicted octanol–water partition coefficient (Wildman–Crippen LogP) is 0.0286. The smallest absolute Gasteiger partial charge is 0.281 e. The summed E-state index contributed by atoms with van der Waals surface area (Å²) in [6.07, 6.45) is 0. The molecule has 0 saturated heterocycles. The number of anilines is 4. The maximum absolute atomic E-state index is 13.4. The summed E-state index contributed by atoms with van der Waals surface area (Å²) in [5, 5.41) is 5.19. The molecule has 26 heteroatoms. The fourth-order valence-corrected chi connectivity index (χ4v) is 8.93. The van der Waals surface area contributed by atoms with E-state index in [-0.39, 0.29) is 48.9 Å². The first kappa shape index (κ1) is 43.0. The normalized spacial score (nSPS) is 15.8. The van der Waals surface area contributed by atoms with E-state index in [1.807, 2.05) is 9.44 Å². The minimum atomic E-state index is -4.84. The van der Waals surface area contributed by atoms with E-state index in [0.29, 0.717) is 0 Å². The van der Waals surface area contributed by atoms with Crippen LogP contribution >= 0.6 is 23.2 Å². The third-order valence-corrected chi connectivity index (χ3v) is 13.0. The second kappa shape index (κ2) is 16.7. The molecule has 1 aliphatic carbocycles. The first-order valence-corrected chi connectivity index (χ1v) is 21.2. The number of carbonyl (C=O) groups is 2. The van der Waals surface area contributed by atoms with Crippen LogP contribution in [0.4, 0.5) is 22.7 Å². The van der Waals surface area contributed by atoms with Crippen LogP contribution in [0.5, 0.6) is 0 Å². The van der Waals surface area contributed by atoms with Crippen LogP contribution in [0, 0.1) is 0 Å². The van der Waals surface area contributed by atoms with Crippen molar-refractivity contribution in [3.05, 3.63) is 57.9 Å². The number of nitrogens with two attached hydrogens (primary N) is 2. The van der Waals surface area contributed by atoms with E-state index in [1.165, 1.54) is 24.3 Å². The first-order chi connectivity index (χ1) is 23.9. The molecule has 288 valence electrons. The van der Waals surface area contributed by atoms with Crippen molar-refractivity contribution in [1.82, 2.24) is 9.44 Å². The van der Waals surface area contributed by atoms with E-state index in [0.717, 1.165) is 26.0 Å². The van der Waals surface area contributed by atoms with Gasteiger partial charge in [-0.1, -0.05) is 23.2 Å². The Kier molecular flexibility index (Phi) is 13.8. The molecule has 0 saturated carbocycles. The summed E-state index contributed by atoms with van der Waals surface area (Å²) in [6, 6.07) is 6.98. The average molecular weight is 850 g/mol. The molecule has 2 atom stereocenters. The Morgan fingerprint density at radius 2 is 0.962 bits per heavy atom. The Bertz CT molecular complexity index is 2110. The topological polar surface area (TPSA) is 335 Å². The lowest BCUT2D eigenvalue weighted by molar-refractivity contribution is -0.115. The molecule has 2 aromatic carbocycles. The van der Waals surface area contributed by atoms with Gasteiger partial charge in [-0.3, -0.25) is 18.7 Å². The van der Waals surface area contributed by atoms with E-state index < -0.39 is 93.8 Å². The van der Waals surface area contributed by atoms with Crippen LogP contribution in [0.1, 0.15) is 13.8 Å². The predicted molar refractivity (Wildman–Crippen MR) is 194 cm³/mol. The number of ketones is 2. The van der Waals surface area contributed by atoms with Crippen LogP contribution in [-0.2, 0) is 49.9 Å². The van der Waals surface area contributed by atoms with E-state index in [2.05, 4.69) is 21.3 Å². The number of benzene rings is 2. The molecular weight excluding hydrogens is 816 g/mol. The zero-order chi connectivity index (χ0) is 39.4. The van der Waals surface area contributed by atoms with Gasteiger partial charge in [0.2, 0.25) is 31.6 Å². The molecule has 0 radical (unpaired) electrons. The molecule has 1 aliphatic rings. The summed E-state index contributed by atoms with van der Waals surface area (Å²) >= 11 is 12.6. The van der Waals surface area contributed by atoms with Crippen LogP contribution < -0.4 is 42.2 Å². The van der Waals surface area contributed by atoms with Gasteiger partial charge in [-0.25, -0.2) is 16.8 Å². The molecule has 0 bridgehead atoms. The number of sulfonamides is 2. The fourth-order valence-electron chi connectivity index (χ4n) is 4.19. The third kappa shape index (κ3) is 10.4. The standard InChI is InChI=1S/C26H34Cl2N8O12S4/c1-13(51(43,44)45)35-49(39,40)19-11-15(3-5-17(19)31-9-7-29)33-23-21(27)26(38)24(22(28)25(23)37)34-16-4-6-18(32-10-8-30)20(12-16)50(41,42)36-14(2)52(46,47)48/h3-6,11-14,31-36H,7-10,29-30H2,1-2H3,(H,43,44,45)(H,46,47,48). The number of nitrogens with one attached hydrogen (secondary N) is 6. The second-order valence-corrected chi connectivity index (χ2v) is 18.3. The minimum Gasteiger partial charge on any atom is -0.383 e. The van der Waals surface area contributed by atoms with Gasteiger partial charge >= 0.3 is 0 Å². The number of hydrogen-bond donors (Lipinski definition) is 10. The Hall–Kier alpha value is -3.40. The number of rotatable bonds is 18. The first-order valence-electron chi connectivity index (χ1n) is 14.5. The van der Waals surface area contributed by atoms with Gasteiger partial charge in [-0.05, 0) is 50.2 Å². The molecule has 0 amide bonds. The largest absolute Gasteiger partial charge is 0.383 e. The Balaban J connectivity index is 2.00. The molecule has 0 spiro atoms. The van der Waals surface area contributed by atoms with E-state index >= 15 is 0 Å². The Morgan fingerprint density at radius 3 is 1.25 bits per heavy atom. The molecule has 12 N–H and O–H groups in total. The molecule has 3 rings (SSSR count). The van der Waals surface area contributed by atoms with Crippen LogP contribution in [0.25, 0.3) is 0 Å². The summed E-state index contributed by atoms with van der Waals surface area (Å²) in [5.74, 6) is -2.14. The quantitative estimate of drug-likeness (QED) is 0.0698. The number of halogens is 2. The molecule has 2 unspecified atom stereocenters. The number of carbonyl (C=O) groups excluding carboxylic acids is 2. The van der Waals surface area contributed by atoms with Crippen molar-refractivity contribution in [3.8, 4) is 0 Å². The summed E-state index contributed by atoms with van der Waals surface area (Å²) in [6.45, 7) is 2.09. The van der Waals surface area contributed by atoms with Crippen LogP contribution in [0.3, 0.4) is 0 Å². The maximum Gasteiger partial charge on any atom is 0.281 e. The van der Waals surface area contributed by atoms with Gasteiger partial charge < -0.3 is 32.7 Å². The van der Waals surface area contributed by atoms with Crippen molar-refractivity contribution >= 4 is 97.8 Å². The average Bonchev–Trinajstić information content (AvgIpc) is 3.05. The fraction of sp³-hybridized carbons (Fsp3) is 0.308. The summed E-state index contributed by atoms with van der Waals surface area (Å²) in [4.78, 5) is 25.7. The van der Waals surface area contributed by atoms with E-state index in [1.54, 1.807) is 0 Å². The van der Waals surface area contributed by atoms with Gasteiger partial charge in [0.25, 0.3) is 20.2 Å². The zero-order valence-electron chi connectivity index (χ0n) is 27.0. The van der Waals surface area contributed by atoms with Gasteiger partial charge in [0.05, 0.1) is 11.4 Å². The van der Waals surface area contributed by atoms with Crippen LogP contribution in [0.2, 0.25) is 0 Å². The van der Waals surface area contributed by atoms with Crippen molar-refractivity contribution in [2.75, 3.05) is 47.4 Å². The number of hydrogen-bond acceptors (Lipinski definition) is 16. The second-order valence-electron chi connectivity index (χ2n) is 10.7. The number of allylic oxidation sites excluding steroid dienone is 2. The lowest BCUT2D eigenvalue weighted by Gasteiger charge is -2.22. The van der Waals surface area contributed by atoms with Crippen molar-refractivity contribution < 1.29 is 52.4 Å². The lowest BCUT2D eigenvalue weighted by Crippen LogP contribution is -2.38. The monoisotopic (exact) mass is 848 g/mol. The highest BCUT2D eigenvalue weighted by atomic mass is 35.5. The van der Waals surface area contributed by atoms with Crippen molar-refractivity contribution in [2.45, 2.75) is 34.4 Å².